The van der Waals surface area contributed by atoms with Gasteiger partial charge in [0.1, 0.15) is 0 Å². The molecule has 0 saturated carbocycles. The lowest BCUT2D eigenvalue weighted by Gasteiger charge is -1.96. The summed E-state index contributed by atoms with van der Waals surface area (Å²) in [6.45, 7) is 10.9. The molecule has 0 aromatic carbocycles. The van der Waals surface area contributed by atoms with Gasteiger partial charge in [-0.25, -0.2) is 0 Å². The second-order valence-corrected chi connectivity index (χ2v) is 2.28. The van der Waals surface area contributed by atoms with E-state index in [-0.39, 0.29) is 0 Å². The number of allylic oxidation sites excluding steroid dienone is 4. The summed E-state index contributed by atoms with van der Waals surface area (Å²) in [7, 11) is 0. The molecular weight excluding hydrogens is 122 g/mol. The van der Waals surface area contributed by atoms with E-state index in [4.69, 9.17) is 5.41 Å². The van der Waals surface area contributed by atoms with Gasteiger partial charge in [0.2, 0.25) is 0 Å². The lowest BCUT2D eigenvalue weighted by atomic mass is 10.1. The van der Waals surface area contributed by atoms with Gasteiger partial charge in [0.15, 0.2) is 0 Å². The molecule has 0 aromatic rings. The third-order valence-corrected chi connectivity index (χ3v) is 1.05. The van der Waals surface area contributed by atoms with Gasteiger partial charge in [-0.3, -0.25) is 0 Å². The van der Waals surface area contributed by atoms with Crippen molar-refractivity contribution in [1.29, 1.82) is 5.41 Å². The lowest BCUT2D eigenvalue weighted by Crippen LogP contribution is -1.90. The molecule has 0 aromatic heterocycles. The van der Waals surface area contributed by atoms with Gasteiger partial charge in [0.05, 0.1) is 0 Å². The van der Waals surface area contributed by atoms with Crippen LogP contribution in [0.2, 0.25) is 0 Å². The van der Waals surface area contributed by atoms with Crippen molar-refractivity contribution in [3.05, 3.63) is 36.5 Å². The van der Waals surface area contributed by atoms with Crippen LogP contribution >= 0.6 is 0 Å². The van der Waals surface area contributed by atoms with Gasteiger partial charge in [0, 0.05) is 5.71 Å². The number of nitrogens with one attached hydrogen (secondary N) is 1. The molecule has 1 heteroatoms. The Hall–Kier alpha value is -1.11. The van der Waals surface area contributed by atoms with Crippen molar-refractivity contribution >= 4 is 5.71 Å². The predicted octanol–water partition coefficient (Wildman–Crippen LogP) is 2.71. The first-order chi connectivity index (χ1) is 4.57. The zero-order chi connectivity index (χ0) is 8.15. The van der Waals surface area contributed by atoms with Crippen molar-refractivity contribution in [3.8, 4) is 0 Å². The minimum absolute atomic E-state index is 0.526. The van der Waals surface area contributed by atoms with E-state index in [0.717, 1.165) is 11.1 Å². The largest absolute Gasteiger partial charge is 0.305 e. The van der Waals surface area contributed by atoms with E-state index < -0.39 is 0 Å². The Bertz CT molecular complexity index is 197. The van der Waals surface area contributed by atoms with Crippen molar-refractivity contribution in [1.82, 2.24) is 0 Å². The van der Waals surface area contributed by atoms with E-state index in [0.29, 0.717) is 5.71 Å². The Morgan fingerprint density at radius 2 is 1.90 bits per heavy atom. The average molecular weight is 135 g/mol. The van der Waals surface area contributed by atoms with Crippen LogP contribution in [-0.4, -0.2) is 5.71 Å². The van der Waals surface area contributed by atoms with Crippen LogP contribution in [0.5, 0.6) is 0 Å². The standard InChI is InChI=1S/C9H13N/c1-5-9(8(4)10)6-7(2)3/h5-6,10H,1-2H2,3-4H3/b9-6+,10-8?. The smallest absolute Gasteiger partial charge is 0.0355 e. The molecule has 54 valence electrons. The third-order valence-electron chi connectivity index (χ3n) is 1.05. The molecule has 0 saturated heterocycles. The van der Waals surface area contributed by atoms with Gasteiger partial charge < -0.3 is 5.41 Å². The molecule has 0 atom stereocenters. The summed E-state index contributed by atoms with van der Waals surface area (Å²) in [5.41, 5.74) is 2.31. The highest BCUT2D eigenvalue weighted by molar-refractivity contribution is 5.98. The fourth-order valence-corrected chi connectivity index (χ4v) is 0.586. The summed E-state index contributed by atoms with van der Waals surface area (Å²) in [5.74, 6) is 0. The zero-order valence-corrected chi connectivity index (χ0v) is 6.57. The van der Waals surface area contributed by atoms with Crippen LogP contribution in [0.25, 0.3) is 0 Å². The quantitative estimate of drug-likeness (QED) is 0.454. The van der Waals surface area contributed by atoms with Crippen molar-refractivity contribution in [3.63, 3.8) is 0 Å². The molecule has 0 aliphatic carbocycles. The molecular formula is C9H13N. The van der Waals surface area contributed by atoms with Gasteiger partial charge in [-0.1, -0.05) is 30.9 Å². The summed E-state index contributed by atoms with van der Waals surface area (Å²) in [5, 5.41) is 7.26. The molecule has 0 radical (unpaired) electrons. The average Bonchev–Trinajstić information content (AvgIpc) is 1.81. The highest BCUT2D eigenvalue weighted by Crippen LogP contribution is 2.02. The SMILES string of the molecule is C=C/C(=C\C(=C)C)C(C)=N. The predicted molar refractivity (Wildman–Crippen MR) is 46.5 cm³/mol. The Kier molecular flexibility index (Phi) is 3.40. The molecule has 0 heterocycles. The van der Waals surface area contributed by atoms with E-state index in [1.165, 1.54) is 0 Å². The number of hydrogen-bond acceptors (Lipinski definition) is 1. The first kappa shape index (κ1) is 8.89. The normalized spacial score (nSPS) is 10.8. The zero-order valence-electron chi connectivity index (χ0n) is 6.57. The minimum atomic E-state index is 0.526. The van der Waals surface area contributed by atoms with Crippen molar-refractivity contribution in [2.75, 3.05) is 0 Å². The molecule has 0 aliphatic rings. The van der Waals surface area contributed by atoms with E-state index in [1.54, 1.807) is 13.0 Å². The van der Waals surface area contributed by atoms with Crippen molar-refractivity contribution < 1.29 is 0 Å². The van der Waals surface area contributed by atoms with E-state index >= 15 is 0 Å². The topological polar surface area (TPSA) is 23.9 Å². The van der Waals surface area contributed by atoms with Crippen LogP contribution in [0.4, 0.5) is 0 Å². The van der Waals surface area contributed by atoms with Gasteiger partial charge in [-0.05, 0) is 19.4 Å². The molecule has 0 rings (SSSR count). The maximum atomic E-state index is 7.26. The van der Waals surface area contributed by atoms with E-state index in [1.807, 2.05) is 13.0 Å². The molecule has 0 bridgehead atoms. The van der Waals surface area contributed by atoms with Gasteiger partial charge in [-0.15, -0.1) is 0 Å². The van der Waals surface area contributed by atoms with E-state index in [9.17, 15) is 0 Å². The van der Waals surface area contributed by atoms with Crippen molar-refractivity contribution in [2.24, 2.45) is 0 Å². The minimum Gasteiger partial charge on any atom is -0.305 e. The summed E-state index contributed by atoms with van der Waals surface area (Å²) in [4.78, 5) is 0. The van der Waals surface area contributed by atoms with E-state index in [2.05, 4.69) is 13.2 Å². The second-order valence-electron chi connectivity index (χ2n) is 2.28. The summed E-state index contributed by atoms with van der Waals surface area (Å²) in [6, 6.07) is 0. The molecule has 0 aliphatic heterocycles. The van der Waals surface area contributed by atoms with Gasteiger partial charge in [-0.2, -0.15) is 0 Å². The lowest BCUT2D eigenvalue weighted by molar-refractivity contribution is 1.45. The molecule has 0 spiro atoms. The summed E-state index contributed by atoms with van der Waals surface area (Å²) in [6.07, 6.45) is 3.51. The first-order valence-corrected chi connectivity index (χ1v) is 3.13. The van der Waals surface area contributed by atoms with Crippen molar-refractivity contribution in [2.45, 2.75) is 13.8 Å². The fraction of sp³-hybridized carbons (Fsp3) is 0.222. The van der Waals surface area contributed by atoms with Crippen LogP contribution in [0.1, 0.15) is 13.8 Å². The Morgan fingerprint density at radius 1 is 1.40 bits per heavy atom. The highest BCUT2D eigenvalue weighted by atomic mass is 14.4. The van der Waals surface area contributed by atoms with Gasteiger partial charge >= 0.3 is 0 Å². The number of rotatable bonds is 3. The molecule has 10 heavy (non-hydrogen) atoms. The van der Waals surface area contributed by atoms with Gasteiger partial charge in [0.25, 0.3) is 0 Å². The summed E-state index contributed by atoms with van der Waals surface area (Å²) >= 11 is 0. The molecule has 0 fully saturated rings. The third kappa shape index (κ3) is 3.02. The monoisotopic (exact) mass is 135 g/mol. The Balaban J connectivity index is 4.49. The second kappa shape index (κ2) is 3.83. The van der Waals surface area contributed by atoms with Crippen LogP contribution in [0, 0.1) is 5.41 Å². The van der Waals surface area contributed by atoms with Crippen LogP contribution in [-0.2, 0) is 0 Å². The maximum Gasteiger partial charge on any atom is 0.0355 e. The van der Waals surface area contributed by atoms with Crippen LogP contribution in [0.15, 0.2) is 36.5 Å². The Morgan fingerprint density at radius 3 is 2.00 bits per heavy atom. The molecule has 0 unspecified atom stereocenters. The Labute approximate surface area is 62.3 Å². The van der Waals surface area contributed by atoms with Crippen LogP contribution < -0.4 is 0 Å². The molecule has 1 N–H and O–H groups in total. The van der Waals surface area contributed by atoms with Crippen LogP contribution in [0.3, 0.4) is 0 Å². The first-order valence-electron chi connectivity index (χ1n) is 3.13. The summed E-state index contributed by atoms with van der Waals surface area (Å²) < 4.78 is 0. The maximum absolute atomic E-state index is 7.26. The highest BCUT2D eigenvalue weighted by Gasteiger charge is 1.91. The molecule has 1 nitrogen and oxygen atoms in total. The molecule has 0 amide bonds. The fourth-order valence-electron chi connectivity index (χ4n) is 0.586. The number of hydrogen-bond donors (Lipinski definition) is 1.